The van der Waals surface area contributed by atoms with E-state index in [-0.39, 0.29) is 6.10 Å². The Kier molecular flexibility index (Phi) is 10.7. The maximum Gasteiger partial charge on any atom is 0.509 e. The molecule has 0 bridgehead atoms. The molecule has 28 heavy (non-hydrogen) atoms. The largest absolute Gasteiger partial charge is 0.509 e. The van der Waals surface area contributed by atoms with Crippen molar-refractivity contribution in [1.29, 1.82) is 0 Å². The van der Waals surface area contributed by atoms with Gasteiger partial charge in [-0.1, -0.05) is 39.3 Å². The molecule has 0 radical (unpaired) electrons. The zero-order valence-electron chi connectivity index (χ0n) is 18.0. The molecule has 0 heterocycles. The van der Waals surface area contributed by atoms with Gasteiger partial charge in [0.2, 0.25) is 0 Å². The van der Waals surface area contributed by atoms with Crippen LogP contribution in [0.15, 0.2) is 28.4 Å². The molecular formula is C21H33N3O3S. The van der Waals surface area contributed by atoms with Gasteiger partial charge in [-0.15, -0.1) is 5.10 Å². The van der Waals surface area contributed by atoms with E-state index < -0.39 is 11.6 Å². The van der Waals surface area contributed by atoms with E-state index in [1.54, 1.807) is 27.0 Å². The summed E-state index contributed by atoms with van der Waals surface area (Å²) in [7, 11) is 0. The smallest absolute Gasteiger partial charge is 0.432 e. The van der Waals surface area contributed by atoms with Gasteiger partial charge in [-0.05, 0) is 69.0 Å². The van der Waals surface area contributed by atoms with Gasteiger partial charge in [-0.25, -0.2) is 4.79 Å². The minimum absolute atomic E-state index is 0.226. The molecule has 0 fully saturated rings. The van der Waals surface area contributed by atoms with E-state index in [0.717, 1.165) is 24.1 Å². The molecule has 0 aliphatic rings. The number of nitrogens with one attached hydrogen (secondary N) is 1. The highest BCUT2D eigenvalue weighted by Crippen LogP contribution is 2.23. The maximum absolute atomic E-state index is 11.7. The predicted octanol–water partition coefficient (Wildman–Crippen LogP) is 6.00. The van der Waals surface area contributed by atoms with Crippen LogP contribution < -0.4 is 5.32 Å². The van der Waals surface area contributed by atoms with Crippen molar-refractivity contribution >= 4 is 35.0 Å². The topological polar surface area (TPSA) is 72.3 Å². The third kappa shape index (κ3) is 9.78. The number of nitrogens with zero attached hydrogens (tertiary/aromatic N) is 2. The van der Waals surface area contributed by atoms with Gasteiger partial charge in [0.25, 0.3) is 0 Å². The van der Waals surface area contributed by atoms with Crippen LogP contribution in [0.3, 0.4) is 0 Å². The molecule has 1 rings (SSSR count). The molecular weight excluding hydrogens is 374 g/mol. The number of hydrogen-bond acceptors (Lipinski definition) is 6. The number of thioether (sulfide) groups is 1. The molecule has 6 nitrogen and oxygen atoms in total. The van der Waals surface area contributed by atoms with Crippen molar-refractivity contribution in [3.05, 3.63) is 29.3 Å². The van der Waals surface area contributed by atoms with Crippen molar-refractivity contribution in [2.75, 3.05) is 5.32 Å². The van der Waals surface area contributed by atoms with Crippen LogP contribution in [-0.2, 0) is 15.9 Å². The minimum Gasteiger partial charge on any atom is -0.432 e. The molecule has 0 amide bonds. The van der Waals surface area contributed by atoms with Crippen molar-refractivity contribution in [3.8, 4) is 0 Å². The second-order valence-electron chi connectivity index (χ2n) is 7.17. The number of carbonyl (C=O) groups is 1. The van der Waals surface area contributed by atoms with Crippen LogP contribution in [-0.4, -0.2) is 29.1 Å². The van der Waals surface area contributed by atoms with Crippen LogP contribution in [0, 0.1) is 12.8 Å². The molecule has 0 aromatic heterocycles. The molecule has 0 spiro atoms. The number of benzene rings is 1. The van der Waals surface area contributed by atoms with E-state index in [1.165, 1.54) is 17.3 Å². The summed E-state index contributed by atoms with van der Waals surface area (Å²) in [5, 5.41) is 12.4. The lowest BCUT2D eigenvalue weighted by Gasteiger charge is -2.17. The summed E-state index contributed by atoms with van der Waals surface area (Å²) in [6.07, 6.45) is 2.86. The Hall–Kier alpha value is -2.02. The lowest BCUT2D eigenvalue weighted by Crippen LogP contribution is -2.20. The highest BCUT2D eigenvalue weighted by Gasteiger charge is 2.16. The van der Waals surface area contributed by atoms with E-state index >= 15 is 0 Å². The SMILES string of the molecule is CCCc1ccc(C)cc1N/C(=N/N=C/C(C)C)SC(C)OC(=O)OC(C)C. The van der Waals surface area contributed by atoms with Crippen LogP contribution >= 0.6 is 11.8 Å². The lowest BCUT2D eigenvalue weighted by atomic mass is 10.1. The van der Waals surface area contributed by atoms with Gasteiger partial charge in [-0.3, -0.25) is 0 Å². The third-order valence-corrected chi connectivity index (χ3v) is 4.25. The summed E-state index contributed by atoms with van der Waals surface area (Å²) < 4.78 is 10.3. The number of ether oxygens (including phenoxy) is 2. The van der Waals surface area contributed by atoms with E-state index in [2.05, 4.69) is 47.6 Å². The van der Waals surface area contributed by atoms with Gasteiger partial charge in [0.05, 0.1) is 6.10 Å². The van der Waals surface area contributed by atoms with Crippen LogP contribution in [0.5, 0.6) is 0 Å². The van der Waals surface area contributed by atoms with Crippen LogP contribution in [0.4, 0.5) is 10.5 Å². The Labute approximate surface area is 173 Å². The Morgan fingerprint density at radius 1 is 1.21 bits per heavy atom. The first-order valence-electron chi connectivity index (χ1n) is 9.72. The molecule has 156 valence electrons. The molecule has 0 saturated heterocycles. The summed E-state index contributed by atoms with van der Waals surface area (Å²) in [5.74, 6) is 0.291. The molecule has 1 aromatic carbocycles. The molecule has 0 aliphatic carbocycles. The van der Waals surface area contributed by atoms with E-state index in [1.807, 2.05) is 13.8 Å². The fraction of sp³-hybridized carbons (Fsp3) is 0.571. The summed E-state index contributed by atoms with van der Waals surface area (Å²) in [6, 6.07) is 6.32. The van der Waals surface area contributed by atoms with Crippen LogP contribution in [0.1, 0.15) is 59.1 Å². The number of hydrogen-bond donors (Lipinski definition) is 1. The van der Waals surface area contributed by atoms with Crippen molar-refractivity contribution in [2.45, 2.75) is 72.8 Å². The first-order valence-corrected chi connectivity index (χ1v) is 10.6. The van der Waals surface area contributed by atoms with Crippen molar-refractivity contribution < 1.29 is 14.3 Å². The van der Waals surface area contributed by atoms with E-state index in [9.17, 15) is 4.79 Å². The van der Waals surface area contributed by atoms with Crippen molar-refractivity contribution in [3.63, 3.8) is 0 Å². The lowest BCUT2D eigenvalue weighted by molar-refractivity contribution is 0.0314. The minimum atomic E-state index is -0.692. The monoisotopic (exact) mass is 407 g/mol. The number of aryl methyl sites for hydroxylation is 2. The highest BCUT2D eigenvalue weighted by molar-refractivity contribution is 8.14. The average molecular weight is 408 g/mol. The second kappa shape index (κ2) is 12.4. The van der Waals surface area contributed by atoms with Gasteiger partial charge in [-0.2, -0.15) is 5.10 Å². The van der Waals surface area contributed by atoms with Crippen LogP contribution in [0.2, 0.25) is 0 Å². The summed E-state index contributed by atoms with van der Waals surface area (Å²) in [5.41, 5.74) is 2.88. The molecule has 1 unspecified atom stereocenters. The standard InChI is InChI=1S/C21H33N3O3S/c1-8-9-18-11-10-16(6)12-19(18)23-20(24-22-13-14(2)3)28-17(7)27-21(25)26-15(4)5/h10-15,17H,8-9H2,1-7H3,(H,23,24)/b22-13+. The molecule has 1 aromatic rings. The summed E-state index contributed by atoms with van der Waals surface area (Å²) >= 11 is 1.28. The third-order valence-electron chi connectivity index (χ3n) is 3.41. The van der Waals surface area contributed by atoms with Gasteiger partial charge >= 0.3 is 6.16 Å². The van der Waals surface area contributed by atoms with Crippen molar-refractivity contribution in [2.24, 2.45) is 16.1 Å². The van der Waals surface area contributed by atoms with E-state index in [4.69, 9.17) is 9.47 Å². The number of carbonyl (C=O) groups excluding carboxylic acids is 1. The number of rotatable bonds is 8. The fourth-order valence-corrected chi connectivity index (χ4v) is 2.95. The first-order chi connectivity index (χ1) is 13.2. The quantitative estimate of drug-likeness (QED) is 0.188. The molecule has 1 atom stereocenters. The Morgan fingerprint density at radius 3 is 2.54 bits per heavy atom. The number of anilines is 1. The molecule has 0 aliphatic heterocycles. The molecule has 0 saturated carbocycles. The normalized spacial score (nSPS) is 13.2. The fourth-order valence-electron chi connectivity index (χ4n) is 2.24. The molecule has 7 heteroatoms. The predicted molar refractivity (Wildman–Crippen MR) is 119 cm³/mol. The van der Waals surface area contributed by atoms with Gasteiger partial charge in [0, 0.05) is 11.9 Å². The first kappa shape index (κ1) is 24.0. The highest BCUT2D eigenvalue weighted by atomic mass is 32.2. The zero-order chi connectivity index (χ0) is 21.1. The Morgan fingerprint density at radius 2 is 1.93 bits per heavy atom. The van der Waals surface area contributed by atoms with Gasteiger partial charge < -0.3 is 14.8 Å². The summed E-state index contributed by atoms with van der Waals surface area (Å²) in [6.45, 7) is 13.6. The summed E-state index contributed by atoms with van der Waals surface area (Å²) in [4.78, 5) is 11.7. The average Bonchev–Trinajstić information content (AvgIpc) is 2.56. The Bertz CT molecular complexity index is 687. The molecule has 1 N–H and O–H groups in total. The number of amidine groups is 1. The van der Waals surface area contributed by atoms with Crippen LogP contribution in [0.25, 0.3) is 0 Å². The Balaban J connectivity index is 2.97. The maximum atomic E-state index is 11.7. The van der Waals surface area contributed by atoms with E-state index in [0.29, 0.717) is 11.1 Å². The van der Waals surface area contributed by atoms with Crippen molar-refractivity contribution in [1.82, 2.24) is 0 Å². The van der Waals surface area contributed by atoms with Gasteiger partial charge in [0.15, 0.2) is 10.6 Å². The zero-order valence-corrected chi connectivity index (χ0v) is 18.8. The van der Waals surface area contributed by atoms with Gasteiger partial charge in [0.1, 0.15) is 0 Å². The second-order valence-corrected chi connectivity index (χ2v) is 8.46.